The number of nitrogens with zero attached hydrogens (tertiary/aromatic N) is 2. The number of rotatable bonds is 9. The fourth-order valence-corrected chi connectivity index (χ4v) is 4.34. The van der Waals surface area contributed by atoms with Crippen LogP contribution in [0.2, 0.25) is 0 Å². The van der Waals surface area contributed by atoms with Crippen LogP contribution < -0.4 is 14.4 Å². The van der Waals surface area contributed by atoms with Crippen LogP contribution in [0, 0.1) is 15.9 Å². The first kappa shape index (κ1) is 25.0. The molecular formula is C25H21FN2O7S. The van der Waals surface area contributed by atoms with E-state index in [0.717, 1.165) is 11.8 Å². The van der Waals surface area contributed by atoms with Crippen molar-refractivity contribution in [3.8, 4) is 11.5 Å². The topological polar surface area (TPSA) is 108 Å². The Bertz CT molecular complexity index is 1300. The molecule has 1 aliphatic rings. The van der Waals surface area contributed by atoms with Crippen molar-refractivity contribution < 1.29 is 33.1 Å². The standard InChI is InChI=1S/C25H21FN2O7S/c1-2-33-24(29)14-36-23-10-4-17(12-20(23)28(31)32)25(30)27(19-7-5-18(26)6-8-19)13-16-3-9-21-22(11-16)35-15-34-21/h3-12H,2,13-15H2,1H3. The third kappa shape index (κ3) is 5.74. The first-order valence-electron chi connectivity index (χ1n) is 10.9. The lowest BCUT2D eigenvalue weighted by Gasteiger charge is -2.23. The van der Waals surface area contributed by atoms with Crippen LogP contribution >= 0.6 is 11.8 Å². The first-order valence-corrected chi connectivity index (χ1v) is 11.9. The number of carbonyl (C=O) groups excluding carboxylic acids is 2. The maximum Gasteiger partial charge on any atom is 0.316 e. The second-order valence-corrected chi connectivity index (χ2v) is 8.61. The van der Waals surface area contributed by atoms with E-state index in [1.165, 1.54) is 47.4 Å². The van der Waals surface area contributed by atoms with Gasteiger partial charge in [0.1, 0.15) is 5.82 Å². The molecule has 1 heterocycles. The number of fused-ring (bicyclic) bond motifs is 1. The summed E-state index contributed by atoms with van der Waals surface area (Å²) in [7, 11) is 0. The van der Waals surface area contributed by atoms with Crippen molar-refractivity contribution in [2.24, 2.45) is 0 Å². The number of amides is 1. The highest BCUT2D eigenvalue weighted by atomic mass is 32.2. The molecule has 0 atom stereocenters. The molecule has 3 aromatic carbocycles. The second kappa shape index (κ2) is 11.1. The molecule has 1 amide bonds. The number of carbonyl (C=O) groups is 2. The van der Waals surface area contributed by atoms with Gasteiger partial charge in [-0.3, -0.25) is 19.7 Å². The number of halogens is 1. The molecule has 0 saturated heterocycles. The molecule has 0 fully saturated rings. The number of ether oxygens (including phenoxy) is 3. The van der Waals surface area contributed by atoms with Crippen molar-refractivity contribution in [1.82, 2.24) is 0 Å². The summed E-state index contributed by atoms with van der Waals surface area (Å²) in [4.78, 5) is 38.0. The normalized spacial score (nSPS) is 11.7. The minimum Gasteiger partial charge on any atom is -0.465 e. The highest BCUT2D eigenvalue weighted by molar-refractivity contribution is 8.00. The minimum atomic E-state index is -0.607. The number of anilines is 1. The van der Waals surface area contributed by atoms with Gasteiger partial charge in [-0.05, 0) is 61.0 Å². The van der Waals surface area contributed by atoms with Crippen molar-refractivity contribution in [2.75, 3.05) is 24.1 Å². The van der Waals surface area contributed by atoms with Crippen molar-refractivity contribution >= 4 is 35.0 Å². The van der Waals surface area contributed by atoms with Crippen LogP contribution in [-0.4, -0.2) is 36.0 Å². The van der Waals surface area contributed by atoms with Crippen LogP contribution in [0.3, 0.4) is 0 Å². The van der Waals surface area contributed by atoms with E-state index in [-0.39, 0.29) is 41.8 Å². The van der Waals surface area contributed by atoms with Crippen molar-refractivity contribution in [1.29, 1.82) is 0 Å². The number of hydrogen-bond donors (Lipinski definition) is 0. The van der Waals surface area contributed by atoms with E-state index in [4.69, 9.17) is 14.2 Å². The summed E-state index contributed by atoms with van der Waals surface area (Å²) in [5, 5.41) is 11.7. The van der Waals surface area contributed by atoms with Crippen molar-refractivity contribution in [3.05, 3.63) is 87.7 Å². The van der Waals surface area contributed by atoms with E-state index in [1.807, 2.05) is 0 Å². The Morgan fingerprint density at radius 2 is 1.83 bits per heavy atom. The smallest absolute Gasteiger partial charge is 0.316 e. The zero-order chi connectivity index (χ0) is 25.7. The van der Waals surface area contributed by atoms with Gasteiger partial charge in [0.2, 0.25) is 6.79 Å². The summed E-state index contributed by atoms with van der Waals surface area (Å²) < 4.78 is 29.2. The summed E-state index contributed by atoms with van der Waals surface area (Å²) in [6.45, 7) is 2.07. The quantitative estimate of drug-likeness (QED) is 0.171. The average Bonchev–Trinajstić information content (AvgIpc) is 3.34. The largest absolute Gasteiger partial charge is 0.465 e. The lowest BCUT2D eigenvalue weighted by atomic mass is 10.1. The van der Waals surface area contributed by atoms with Crippen LogP contribution in [0.5, 0.6) is 11.5 Å². The summed E-state index contributed by atoms with van der Waals surface area (Å²) in [6.07, 6.45) is 0. The van der Waals surface area contributed by atoms with Gasteiger partial charge >= 0.3 is 5.97 Å². The van der Waals surface area contributed by atoms with Gasteiger partial charge < -0.3 is 19.1 Å². The van der Waals surface area contributed by atoms with Crippen LogP contribution in [0.25, 0.3) is 0 Å². The van der Waals surface area contributed by atoms with Crippen molar-refractivity contribution in [3.63, 3.8) is 0 Å². The number of nitro benzene ring substituents is 1. The van der Waals surface area contributed by atoms with Gasteiger partial charge in [-0.2, -0.15) is 0 Å². The molecule has 0 aliphatic carbocycles. The van der Waals surface area contributed by atoms with Gasteiger partial charge in [0.15, 0.2) is 11.5 Å². The molecule has 3 aromatic rings. The van der Waals surface area contributed by atoms with Crippen LogP contribution in [0.1, 0.15) is 22.8 Å². The first-order chi connectivity index (χ1) is 17.4. The third-order valence-electron chi connectivity index (χ3n) is 5.21. The Morgan fingerprint density at radius 1 is 1.08 bits per heavy atom. The fraction of sp³-hybridized carbons (Fsp3) is 0.200. The molecular weight excluding hydrogens is 491 g/mol. The predicted molar refractivity (Wildman–Crippen MR) is 130 cm³/mol. The number of benzene rings is 3. The lowest BCUT2D eigenvalue weighted by molar-refractivity contribution is -0.387. The van der Waals surface area contributed by atoms with Gasteiger partial charge in [-0.15, -0.1) is 11.8 Å². The Kier molecular flexibility index (Phi) is 7.69. The van der Waals surface area contributed by atoms with Gasteiger partial charge in [-0.1, -0.05) is 6.07 Å². The monoisotopic (exact) mass is 512 g/mol. The molecule has 0 N–H and O–H groups in total. The molecule has 0 radical (unpaired) electrons. The van der Waals surface area contributed by atoms with Crippen LogP contribution in [-0.2, 0) is 16.1 Å². The molecule has 11 heteroatoms. The maximum absolute atomic E-state index is 13.6. The van der Waals surface area contributed by atoms with Gasteiger partial charge in [0, 0.05) is 17.3 Å². The molecule has 36 heavy (non-hydrogen) atoms. The highest BCUT2D eigenvalue weighted by Gasteiger charge is 2.24. The molecule has 0 spiro atoms. The summed E-state index contributed by atoms with van der Waals surface area (Å²) >= 11 is 0.956. The van der Waals surface area contributed by atoms with E-state index < -0.39 is 22.6 Å². The summed E-state index contributed by atoms with van der Waals surface area (Å²) in [6, 6.07) is 14.7. The number of hydrogen-bond acceptors (Lipinski definition) is 8. The zero-order valence-electron chi connectivity index (χ0n) is 19.1. The SMILES string of the molecule is CCOC(=O)CSc1ccc(C(=O)N(Cc2ccc3c(c2)OCO3)c2ccc(F)cc2)cc1[N+](=O)[O-]. The highest BCUT2D eigenvalue weighted by Crippen LogP contribution is 2.34. The number of nitro groups is 1. The predicted octanol–water partition coefficient (Wildman–Crippen LogP) is 4.96. The molecule has 1 aliphatic heterocycles. The summed E-state index contributed by atoms with van der Waals surface area (Å²) in [5.74, 6) is -0.462. The van der Waals surface area contributed by atoms with Gasteiger partial charge in [0.05, 0.1) is 28.7 Å². The van der Waals surface area contributed by atoms with Gasteiger partial charge in [-0.25, -0.2) is 4.39 Å². The van der Waals surface area contributed by atoms with Crippen LogP contribution in [0.4, 0.5) is 15.8 Å². The Labute approximate surface area is 209 Å². The second-order valence-electron chi connectivity index (χ2n) is 7.59. The van der Waals surface area contributed by atoms with Crippen molar-refractivity contribution in [2.45, 2.75) is 18.4 Å². The molecule has 0 bridgehead atoms. The van der Waals surface area contributed by atoms with E-state index in [1.54, 1.807) is 25.1 Å². The lowest BCUT2D eigenvalue weighted by Crippen LogP contribution is -2.30. The third-order valence-corrected chi connectivity index (χ3v) is 6.25. The Balaban J connectivity index is 1.64. The molecule has 9 nitrogen and oxygen atoms in total. The van der Waals surface area contributed by atoms with E-state index in [0.29, 0.717) is 22.7 Å². The average molecular weight is 513 g/mol. The Morgan fingerprint density at radius 3 is 2.56 bits per heavy atom. The molecule has 0 saturated carbocycles. The minimum absolute atomic E-state index is 0.0623. The van der Waals surface area contributed by atoms with Gasteiger partial charge in [0.25, 0.3) is 11.6 Å². The maximum atomic E-state index is 13.6. The fourth-order valence-electron chi connectivity index (χ4n) is 3.53. The van der Waals surface area contributed by atoms with E-state index in [2.05, 4.69) is 0 Å². The zero-order valence-corrected chi connectivity index (χ0v) is 20.0. The molecule has 0 aromatic heterocycles. The number of thioether (sulfide) groups is 1. The number of esters is 1. The van der Waals surface area contributed by atoms with E-state index in [9.17, 15) is 24.1 Å². The molecule has 4 rings (SSSR count). The Hall–Kier alpha value is -4.12. The molecule has 186 valence electrons. The summed E-state index contributed by atoms with van der Waals surface area (Å²) in [5.41, 5.74) is 0.875. The van der Waals surface area contributed by atoms with Crippen LogP contribution in [0.15, 0.2) is 65.6 Å². The molecule has 0 unspecified atom stereocenters. The van der Waals surface area contributed by atoms with E-state index >= 15 is 0 Å².